The summed E-state index contributed by atoms with van der Waals surface area (Å²) in [6.45, 7) is 5.31. The highest BCUT2D eigenvalue weighted by molar-refractivity contribution is 9.10. The lowest BCUT2D eigenvalue weighted by Crippen LogP contribution is -2.21. The van der Waals surface area contributed by atoms with E-state index in [4.69, 9.17) is 11.6 Å². The van der Waals surface area contributed by atoms with E-state index in [0.717, 1.165) is 22.5 Å². The summed E-state index contributed by atoms with van der Waals surface area (Å²) in [6, 6.07) is 6.42. The average Bonchev–Trinajstić information content (AvgIpc) is 2.28. The molecule has 16 heavy (non-hydrogen) atoms. The number of unbranched alkanes of at least 4 members (excludes halogenated alkanes) is 1. The second kappa shape index (κ2) is 7.31. The molecule has 1 atom stereocenters. The molecule has 0 bridgehead atoms. The summed E-state index contributed by atoms with van der Waals surface area (Å²) in [5, 5.41) is 4.35. The van der Waals surface area contributed by atoms with Crippen molar-refractivity contribution < 1.29 is 0 Å². The highest BCUT2D eigenvalue weighted by atomic mass is 79.9. The molecule has 3 heteroatoms. The van der Waals surface area contributed by atoms with Crippen molar-refractivity contribution in [3.8, 4) is 0 Å². The van der Waals surface area contributed by atoms with Gasteiger partial charge in [0.05, 0.1) is 0 Å². The van der Waals surface area contributed by atoms with Crippen molar-refractivity contribution in [1.29, 1.82) is 0 Å². The molecule has 0 aliphatic heterocycles. The Morgan fingerprint density at radius 3 is 2.75 bits per heavy atom. The van der Waals surface area contributed by atoms with Crippen molar-refractivity contribution in [2.45, 2.75) is 39.2 Å². The molecule has 0 saturated carbocycles. The molecule has 0 spiro atoms. The Morgan fingerprint density at radius 1 is 1.38 bits per heavy atom. The second-order valence-electron chi connectivity index (χ2n) is 3.92. The summed E-state index contributed by atoms with van der Waals surface area (Å²) in [5.74, 6) is 0. The summed E-state index contributed by atoms with van der Waals surface area (Å²) in [4.78, 5) is 0. The Bertz CT molecular complexity index is 328. The molecule has 1 N–H and O–H groups in total. The fraction of sp³-hybridized carbons (Fsp3) is 0.538. The van der Waals surface area contributed by atoms with Crippen LogP contribution in [-0.2, 0) is 0 Å². The molecule has 0 amide bonds. The molecule has 90 valence electrons. The lowest BCUT2D eigenvalue weighted by molar-refractivity contribution is 0.495. The van der Waals surface area contributed by atoms with Gasteiger partial charge in [-0.15, -0.1) is 0 Å². The van der Waals surface area contributed by atoms with Crippen molar-refractivity contribution >= 4 is 27.5 Å². The first-order chi connectivity index (χ1) is 7.69. The second-order valence-corrected chi connectivity index (χ2v) is 5.24. The number of nitrogens with one attached hydrogen (secondary N) is 1. The fourth-order valence-corrected chi connectivity index (χ4v) is 2.43. The predicted octanol–water partition coefficient (Wildman–Crippen LogP) is 4.94. The van der Waals surface area contributed by atoms with Gasteiger partial charge in [0.15, 0.2) is 0 Å². The van der Waals surface area contributed by atoms with Crippen LogP contribution < -0.4 is 5.32 Å². The molecule has 0 aromatic heterocycles. The molecular weight excluding hydrogens is 286 g/mol. The van der Waals surface area contributed by atoms with Gasteiger partial charge in [0.25, 0.3) is 0 Å². The molecule has 1 rings (SSSR count). The van der Waals surface area contributed by atoms with Crippen molar-refractivity contribution in [2.24, 2.45) is 0 Å². The lowest BCUT2D eigenvalue weighted by Gasteiger charge is -2.19. The number of rotatable bonds is 6. The normalized spacial score (nSPS) is 12.8. The quantitative estimate of drug-likeness (QED) is 0.784. The summed E-state index contributed by atoms with van der Waals surface area (Å²) in [7, 11) is 0. The van der Waals surface area contributed by atoms with Gasteiger partial charge in [-0.1, -0.05) is 54.2 Å². The van der Waals surface area contributed by atoms with E-state index < -0.39 is 0 Å². The number of hydrogen-bond acceptors (Lipinski definition) is 1. The minimum Gasteiger partial charge on any atom is -0.310 e. The van der Waals surface area contributed by atoms with Crippen LogP contribution >= 0.6 is 27.5 Å². The molecule has 1 aromatic rings. The third-order valence-corrected chi connectivity index (χ3v) is 3.47. The van der Waals surface area contributed by atoms with Crippen molar-refractivity contribution in [3.05, 3.63) is 33.3 Å². The van der Waals surface area contributed by atoms with Crippen molar-refractivity contribution in [2.75, 3.05) is 6.54 Å². The van der Waals surface area contributed by atoms with Gasteiger partial charge < -0.3 is 5.32 Å². The van der Waals surface area contributed by atoms with Gasteiger partial charge in [0, 0.05) is 15.5 Å². The highest BCUT2D eigenvalue weighted by Crippen LogP contribution is 2.29. The molecule has 0 saturated heterocycles. The van der Waals surface area contributed by atoms with E-state index >= 15 is 0 Å². The van der Waals surface area contributed by atoms with E-state index in [0.29, 0.717) is 6.04 Å². The molecule has 0 aliphatic rings. The number of halogens is 2. The van der Waals surface area contributed by atoms with Gasteiger partial charge in [0.2, 0.25) is 0 Å². The zero-order valence-corrected chi connectivity index (χ0v) is 12.2. The topological polar surface area (TPSA) is 12.0 Å². The fourth-order valence-electron chi connectivity index (χ4n) is 1.80. The summed E-state index contributed by atoms with van der Waals surface area (Å²) >= 11 is 9.74. The molecule has 1 unspecified atom stereocenters. The van der Waals surface area contributed by atoms with E-state index in [1.165, 1.54) is 18.4 Å². The smallest absolute Gasteiger partial charge is 0.0454 e. The first kappa shape index (κ1) is 14.0. The molecule has 1 aromatic carbocycles. The van der Waals surface area contributed by atoms with E-state index in [1.807, 2.05) is 12.1 Å². The summed E-state index contributed by atoms with van der Waals surface area (Å²) in [5.41, 5.74) is 1.20. The Hall–Kier alpha value is -0.0500. The van der Waals surface area contributed by atoms with Gasteiger partial charge in [-0.3, -0.25) is 0 Å². The molecule has 0 aliphatic carbocycles. The zero-order chi connectivity index (χ0) is 12.0. The number of hydrogen-bond donors (Lipinski definition) is 1. The summed E-state index contributed by atoms with van der Waals surface area (Å²) < 4.78 is 1.09. The first-order valence-corrected chi connectivity index (χ1v) is 7.04. The maximum atomic E-state index is 6.24. The van der Waals surface area contributed by atoms with Crippen LogP contribution in [0.2, 0.25) is 5.02 Å². The maximum Gasteiger partial charge on any atom is 0.0454 e. The largest absolute Gasteiger partial charge is 0.310 e. The van der Waals surface area contributed by atoms with Crippen LogP contribution in [0.1, 0.15) is 44.7 Å². The standard InChI is InChI=1S/C13H19BrClN/c1-3-5-6-13(16-4-2)11-9-10(14)7-8-12(11)15/h7-9,13,16H,3-6H2,1-2H3. The van der Waals surface area contributed by atoms with Crippen LogP contribution in [0, 0.1) is 0 Å². The van der Waals surface area contributed by atoms with E-state index in [1.54, 1.807) is 0 Å². The summed E-state index contributed by atoms with van der Waals surface area (Å²) in [6.07, 6.45) is 3.58. The van der Waals surface area contributed by atoms with Gasteiger partial charge in [0.1, 0.15) is 0 Å². The van der Waals surface area contributed by atoms with E-state index in [-0.39, 0.29) is 0 Å². The SMILES string of the molecule is CCCCC(NCC)c1cc(Br)ccc1Cl. The Balaban J connectivity index is 2.85. The van der Waals surface area contributed by atoms with Crippen molar-refractivity contribution in [1.82, 2.24) is 5.32 Å². The Morgan fingerprint density at radius 2 is 2.12 bits per heavy atom. The Kier molecular flexibility index (Phi) is 6.40. The lowest BCUT2D eigenvalue weighted by atomic mass is 10.0. The van der Waals surface area contributed by atoms with Crippen LogP contribution in [0.25, 0.3) is 0 Å². The molecule has 1 nitrogen and oxygen atoms in total. The monoisotopic (exact) mass is 303 g/mol. The molecule has 0 radical (unpaired) electrons. The maximum absolute atomic E-state index is 6.24. The van der Waals surface area contributed by atoms with Crippen LogP contribution in [0.3, 0.4) is 0 Å². The molecular formula is C13H19BrClN. The molecule has 0 heterocycles. The third-order valence-electron chi connectivity index (χ3n) is 2.63. The van der Waals surface area contributed by atoms with Crippen LogP contribution in [0.5, 0.6) is 0 Å². The molecule has 0 fully saturated rings. The highest BCUT2D eigenvalue weighted by Gasteiger charge is 2.13. The van der Waals surface area contributed by atoms with Gasteiger partial charge in [-0.2, -0.15) is 0 Å². The predicted molar refractivity (Wildman–Crippen MR) is 75.1 cm³/mol. The van der Waals surface area contributed by atoms with E-state index in [2.05, 4.69) is 41.2 Å². The number of benzene rings is 1. The van der Waals surface area contributed by atoms with Crippen LogP contribution in [-0.4, -0.2) is 6.54 Å². The minimum absolute atomic E-state index is 0.370. The van der Waals surface area contributed by atoms with Gasteiger partial charge in [-0.05, 0) is 36.7 Å². The van der Waals surface area contributed by atoms with Crippen LogP contribution in [0.15, 0.2) is 22.7 Å². The van der Waals surface area contributed by atoms with Gasteiger partial charge in [-0.25, -0.2) is 0 Å². The minimum atomic E-state index is 0.370. The van der Waals surface area contributed by atoms with Gasteiger partial charge >= 0.3 is 0 Å². The first-order valence-electron chi connectivity index (χ1n) is 5.87. The average molecular weight is 305 g/mol. The van der Waals surface area contributed by atoms with Crippen LogP contribution in [0.4, 0.5) is 0 Å². The van der Waals surface area contributed by atoms with Crippen molar-refractivity contribution in [3.63, 3.8) is 0 Å². The Labute approximate surface area is 112 Å². The zero-order valence-electron chi connectivity index (χ0n) is 9.89. The van der Waals surface area contributed by atoms with E-state index in [9.17, 15) is 0 Å². The third kappa shape index (κ3) is 4.08.